The highest BCUT2D eigenvalue weighted by Crippen LogP contribution is 2.32. The summed E-state index contributed by atoms with van der Waals surface area (Å²) in [6.07, 6.45) is 0. The number of ether oxygens (including phenoxy) is 2. The molecule has 0 atom stereocenters. The summed E-state index contributed by atoms with van der Waals surface area (Å²) in [7, 11) is -3.67. The van der Waals surface area contributed by atoms with E-state index >= 15 is 0 Å². The van der Waals surface area contributed by atoms with Crippen molar-refractivity contribution < 1.29 is 22.7 Å². The predicted molar refractivity (Wildman–Crippen MR) is 116 cm³/mol. The van der Waals surface area contributed by atoms with Gasteiger partial charge in [0.15, 0.2) is 0 Å². The first-order valence-corrected chi connectivity index (χ1v) is 12.1. The summed E-state index contributed by atoms with van der Waals surface area (Å²) < 4.78 is 38.4. The lowest BCUT2D eigenvalue weighted by atomic mass is 10.2. The summed E-state index contributed by atoms with van der Waals surface area (Å²) in [6, 6.07) is 8.61. The van der Waals surface area contributed by atoms with Gasteiger partial charge < -0.3 is 19.7 Å². The number of amides is 1. The summed E-state index contributed by atoms with van der Waals surface area (Å²) in [4.78, 5) is 16.7. The zero-order chi connectivity index (χ0) is 21.1. The van der Waals surface area contributed by atoms with Crippen molar-refractivity contribution in [1.29, 1.82) is 0 Å². The lowest BCUT2D eigenvalue weighted by molar-refractivity contribution is 0.0730. The number of sulfonamides is 1. The van der Waals surface area contributed by atoms with Gasteiger partial charge in [0.1, 0.15) is 0 Å². The van der Waals surface area contributed by atoms with E-state index in [0.29, 0.717) is 63.2 Å². The van der Waals surface area contributed by atoms with Crippen LogP contribution in [0.1, 0.15) is 14.5 Å². The molecule has 0 radical (unpaired) electrons. The van der Waals surface area contributed by atoms with Crippen molar-refractivity contribution in [3.05, 3.63) is 40.1 Å². The van der Waals surface area contributed by atoms with E-state index in [0.717, 1.165) is 10.6 Å². The van der Waals surface area contributed by atoms with Gasteiger partial charge in [-0.25, -0.2) is 8.42 Å². The molecule has 3 heterocycles. The van der Waals surface area contributed by atoms with E-state index in [1.165, 1.54) is 15.6 Å². The van der Waals surface area contributed by atoms with E-state index < -0.39 is 10.0 Å². The number of carbonyl (C=O) groups excluding carboxylic acids is 1. The van der Waals surface area contributed by atoms with Gasteiger partial charge in [-0.05, 0) is 37.3 Å². The second kappa shape index (κ2) is 9.03. The average Bonchev–Trinajstić information content (AvgIpc) is 3.21. The van der Waals surface area contributed by atoms with Crippen LogP contribution in [0.3, 0.4) is 0 Å². The first-order valence-electron chi connectivity index (χ1n) is 9.87. The van der Waals surface area contributed by atoms with Crippen LogP contribution >= 0.6 is 11.3 Å². The third-order valence-electron chi connectivity index (χ3n) is 5.14. The molecule has 2 aliphatic heterocycles. The van der Waals surface area contributed by atoms with Gasteiger partial charge in [0.05, 0.1) is 47.6 Å². The minimum absolute atomic E-state index is 0.166. The van der Waals surface area contributed by atoms with E-state index in [-0.39, 0.29) is 10.8 Å². The van der Waals surface area contributed by atoms with Crippen LogP contribution in [0.4, 0.5) is 11.4 Å². The molecular weight excluding hydrogens is 426 g/mol. The maximum Gasteiger partial charge on any atom is 0.265 e. The number of nitrogens with one attached hydrogen (secondary N) is 1. The zero-order valence-electron chi connectivity index (χ0n) is 16.8. The molecule has 8 nitrogen and oxygen atoms in total. The number of carbonyl (C=O) groups is 1. The van der Waals surface area contributed by atoms with Gasteiger partial charge in [-0.1, -0.05) is 0 Å². The van der Waals surface area contributed by atoms with Gasteiger partial charge >= 0.3 is 0 Å². The number of benzene rings is 1. The van der Waals surface area contributed by atoms with Gasteiger partial charge in [0.2, 0.25) is 10.0 Å². The van der Waals surface area contributed by atoms with Gasteiger partial charge in [-0.3, -0.25) is 4.79 Å². The molecule has 0 saturated carbocycles. The molecule has 4 rings (SSSR count). The fourth-order valence-electron chi connectivity index (χ4n) is 3.53. The maximum atomic E-state index is 13.1. The zero-order valence-corrected chi connectivity index (χ0v) is 18.4. The molecule has 2 saturated heterocycles. The minimum Gasteiger partial charge on any atom is -0.379 e. The molecule has 0 aliphatic carbocycles. The van der Waals surface area contributed by atoms with Crippen LogP contribution in [0.15, 0.2) is 35.2 Å². The third kappa shape index (κ3) is 4.52. The standard InChI is InChI=1S/C20H25N3O5S2/c1-15-2-5-19(29-15)20(24)21-17-14-16(30(25,26)23-8-12-28-13-9-23)3-4-18(17)22-6-10-27-11-7-22/h2-5,14H,6-13H2,1H3,(H,21,24). The van der Waals surface area contributed by atoms with Crippen LogP contribution in [0.5, 0.6) is 0 Å². The van der Waals surface area contributed by atoms with Crippen molar-refractivity contribution in [2.45, 2.75) is 11.8 Å². The number of rotatable bonds is 5. The summed E-state index contributed by atoms with van der Waals surface area (Å²) in [5.41, 5.74) is 1.28. The van der Waals surface area contributed by atoms with Gasteiger partial charge in [-0.15, -0.1) is 11.3 Å². The summed E-state index contributed by atoms with van der Waals surface area (Å²) in [5, 5.41) is 2.93. The van der Waals surface area contributed by atoms with Gasteiger partial charge in [0.25, 0.3) is 5.91 Å². The second-order valence-electron chi connectivity index (χ2n) is 7.16. The van der Waals surface area contributed by atoms with Gasteiger partial charge in [-0.2, -0.15) is 4.31 Å². The van der Waals surface area contributed by atoms with Crippen LogP contribution in [0.2, 0.25) is 0 Å². The Balaban J connectivity index is 1.68. The Bertz CT molecular complexity index is 1010. The molecule has 10 heteroatoms. The average molecular weight is 452 g/mol. The fraction of sp³-hybridized carbons (Fsp3) is 0.450. The Morgan fingerprint density at radius 2 is 1.67 bits per heavy atom. The first-order chi connectivity index (χ1) is 14.4. The van der Waals surface area contributed by atoms with Crippen molar-refractivity contribution in [2.75, 3.05) is 62.8 Å². The quantitative estimate of drug-likeness (QED) is 0.750. The largest absolute Gasteiger partial charge is 0.379 e. The Hall–Kier alpha value is -1.98. The molecule has 1 amide bonds. The second-order valence-corrected chi connectivity index (χ2v) is 10.4. The Morgan fingerprint density at radius 3 is 2.30 bits per heavy atom. The Morgan fingerprint density at radius 1 is 1.00 bits per heavy atom. The Kier molecular flexibility index (Phi) is 6.40. The third-order valence-corrected chi connectivity index (χ3v) is 8.03. The van der Waals surface area contributed by atoms with E-state index in [1.54, 1.807) is 24.3 Å². The van der Waals surface area contributed by atoms with Crippen molar-refractivity contribution in [3.8, 4) is 0 Å². The van der Waals surface area contributed by atoms with Crippen molar-refractivity contribution in [1.82, 2.24) is 4.31 Å². The highest BCUT2D eigenvalue weighted by atomic mass is 32.2. The van der Waals surface area contributed by atoms with E-state index in [1.807, 2.05) is 13.0 Å². The van der Waals surface area contributed by atoms with Crippen LogP contribution < -0.4 is 10.2 Å². The van der Waals surface area contributed by atoms with Crippen LogP contribution in [0.25, 0.3) is 0 Å². The fourth-order valence-corrected chi connectivity index (χ4v) is 5.73. The van der Waals surface area contributed by atoms with E-state index in [4.69, 9.17) is 9.47 Å². The summed E-state index contributed by atoms with van der Waals surface area (Å²) >= 11 is 1.40. The molecule has 0 bridgehead atoms. The number of hydrogen-bond donors (Lipinski definition) is 1. The summed E-state index contributed by atoms with van der Waals surface area (Å²) in [6.45, 7) is 5.88. The molecule has 2 aromatic rings. The molecule has 1 N–H and O–H groups in total. The molecule has 2 aliphatic rings. The van der Waals surface area contributed by atoms with Crippen LogP contribution in [0, 0.1) is 6.92 Å². The molecule has 1 aromatic heterocycles. The van der Waals surface area contributed by atoms with Gasteiger partial charge in [0, 0.05) is 31.1 Å². The summed E-state index contributed by atoms with van der Waals surface area (Å²) in [5.74, 6) is -0.247. The number of hydrogen-bond acceptors (Lipinski definition) is 7. The molecule has 30 heavy (non-hydrogen) atoms. The molecule has 0 unspecified atom stereocenters. The van der Waals surface area contributed by atoms with Crippen LogP contribution in [-0.2, 0) is 19.5 Å². The smallest absolute Gasteiger partial charge is 0.265 e. The number of anilines is 2. The number of thiophene rings is 1. The van der Waals surface area contributed by atoms with E-state index in [2.05, 4.69) is 10.2 Å². The van der Waals surface area contributed by atoms with Crippen molar-refractivity contribution in [3.63, 3.8) is 0 Å². The Labute approximate surface area is 180 Å². The first kappa shape index (κ1) is 21.3. The highest BCUT2D eigenvalue weighted by molar-refractivity contribution is 7.89. The molecule has 162 valence electrons. The van der Waals surface area contributed by atoms with E-state index in [9.17, 15) is 13.2 Å². The molecule has 0 spiro atoms. The molecule has 1 aromatic carbocycles. The molecule has 2 fully saturated rings. The monoisotopic (exact) mass is 451 g/mol. The lowest BCUT2D eigenvalue weighted by Gasteiger charge is -2.31. The normalized spacial score (nSPS) is 18.4. The highest BCUT2D eigenvalue weighted by Gasteiger charge is 2.28. The maximum absolute atomic E-state index is 13.1. The minimum atomic E-state index is -3.67. The number of morpholine rings is 2. The van der Waals surface area contributed by atoms with Crippen LogP contribution in [-0.4, -0.2) is 71.2 Å². The SMILES string of the molecule is Cc1ccc(C(=O)Nc2cc(S(=O)(=O)N3CCOCC3)ccc2N2CCOCC2)s1. The number of aryl methyl sites for hydroxylation is 1. The predicted octanol–water partition coefficient (Wildman–Crippen LogP) is 2.17. The lowest BCUT2D eigenvalue weighted by Crippen LogP contribution is -2.40. The topological polar surface area (TPSA) is 88.2 Å². The van der Waals surface area contributed by atoms with Crippen molar-refractivity contribution in [2.24, 2.45) is 0 Å². The molecular formula is C20H25N3O5S2. The van der Waals surface area contributed by atoms with Crippen molar-refractivity contribution >= 4 is 38.6 Å². The number of nitrogens with zero attached hydrogens (tertiary/aromatic N) is 2.